The van der Waals surface area contributed by atoms with Crippen LogP contribution in [0.1, 0.15) is 23.0 Å². The molecule has 0 saturated heterocycles. The molecule has 3 heterocycles. The van der Waals surface area contributed by atoms with E-state index >= 15 is 0 Å². The summed E-state index contributed by atoms with van der Waals surface area (Å²) >= 11 is 0. The summed E-state index contributed by atoms with van der Waals surface area (Å²) in [6.45, 7) is 4.23. The van der Waals surface area contributed by atoms with Gasteiger partial charge in [0.1, 0.15) is 11.6 Å². The van der Waals surface area contributed by atoms with Crippen LogP contribution in [0.3, 0.4) is 0 Å². The lowest BCUT2D eigenvalue weighted by Gasteiger charge is -2.26. The van der Waals surface area contributed by atoms with Gasteiger partial charge in [-0.3, -0.25) is 4.90 Å². The van der Waals surface area contributed by atoms with E-state index in [1.165, 1.54) is 17.7 Å². The number of aromatic nitrogens is 3. The minimum Gasteiger partial charge on any atom is -0.439 e. The van der Waals surface area contributed by atoms with Gasteiger partial charge in [-0.05, 0) is 43.2 Å². The van der Waals surface area contributed by atoms with Gasteiger partial charge < -0.3 is 4.42 Å². The molecular formula is C18H17FN4O. The molecule has 1 aromatic carbocycles. The molecule has 2 aromatic heterocycles. The Labute approximate surface area is 139 Å². The standard InChI is InChI=1S/C18H17FN4O/c1-12-20-8-14-6-7-23(10-16(14)22-12)11-18-21-9-17(24-18)13-2-4-15(19)5-3-13/h2-5,8-9H,6-7,10-11H2,1H3. The number of hydrogen-bond acceptors (Lipinski definition) is 5. The van der Waals surface area contributed by atoms with Crippen molar-refractivity contribution in [2.24, 2.45) is 0 Å². The Bertz CT molecular complexity index is 860. The predicted octanol–water partition coefficient (Wildman–Crippen LogP) is 3.14. The number of halogens is 1. The lowest BCUT2D eigenvalue weighted by atomic mass is 10.1. The van der Waals surface area contributed by atoms with Gasteiger partial charge in [0.05, 0.1) is 18.4 Å². The van der Waals surface area contributed by atoms with E-state index in [9.17, 15) is 4.39 Å². The minimum absolute atomic E-state index is 0.261. The van der Waals surface area contributed by atoms with E-state index in [-0.39, 0.29) is 5.82 Å². The normalized spacial score (nSPS) is 14.6. The second-order valence-corrected chi connectivity index (χ2v) is 5.97. The zero-order valence-corrected chi connectivity index (χ0v) is 13.4. The lowest BCUT2D eigenvalue weighted by molar-refractivity contribution is 0.218. The van der Waals surface area contributed by atoms with Gasteiger partial charge in [0.15, 0.2) is 5.76 Å². The molecule has 1 aliphatic rings. The van der Waals surface area contributed by atoms with Crippen LogP contribution >= 0.6 is 0 Å². The Morgan fingerprint density at radius 3 is 2.83 bits per heavy atom. The third-order valence-corrected chi connectivity index (χ3v) is 4.19. The van der Waals surface area contributed by atoms with Crippen molar-refractivity contribution < 1.29 is 8.81 Å². The lowest BCUT2D eigenvalue weighted by Crippen LogP contribution is -2.31. The Hall–Kier alpha value is -2.60. The molecule has 3 aromatic rings. The topological polar surface area (TPSA) is 55.1 Å². The second-order valence-electron chi connectivity index (χ2n) is 5.97. The van der Waals surface area contributed by atoms with Crippen LogP contribution in [0.25, 0.3) is 11.3 Å². The third kappa shape index (κ3) is 3.05. The first-order valence-corrected chi connectivity index (χ1v) is 7.92. The fourth-order valence-electron chi connectivity index (χ4n) is 2.91. The highest BCUT2D eigenvalue weighted by Gasteiger charge is 2.20. The Kier molecular flexibility index (Phi) is 3.82. The molecule has 0 atom stereocenters. The molecule has 0 fully saturated rings. The van der Waals surface area contributed by atoms with Crippen LogP contribution in [0, 0.1) is 12.7 Å². The van der Waals surface area contributed by atoms with Crippen molar-refractivity contribution >= 4 is 0 Å². The SMILES string of the molecule is Cc1ncc2c(n1)CN(Cc1ncc(-c3ccc(F)cc3)o1)CC2. The molecule has 0 amide bonds. The number of hydrogen-bond donors (Lipinski definition) is 0. The van der Waals surface area contributed by atoms with Crippen LogP contribution in [0.4, 0.5) is 4.39 Å². The highest BCUT2D eigenvalue weighted by molar-refractivity contribution is 5.55. The molecule has 5 nitrogen and oxygen atoms in total. The summed E-state index contributed by atoms with van der Waals surface area (Å²) in [7, 11) is 0. The van der Waals surface area contributed by atoms with Crippen molar-refractivity contribution in [1.29, 1.82) is 0 Å². The van der Waals surface area contributed by atoms with Crippen molar-refractivity contribution in [3.63, 3.8) is 0 Å². The van der Waals surface area contributed by atoms with E-state index in [1.54, 1.807) is 18.3 Å². The first-order chi connectivity index (χ1) is 11.7. The Balaban J connectivity index is 1.48. The number of oxazole rings is 1. The fourth-order valence-corrected chi connectivity index (χ4v) is 2.91. The average Bonchev–Trinajstić information content (AvgIpc) is 3.03. The van der Waals surface area contributed by atoms with Crippen molar-refractivity contribution in [3.8, 4) is 11.3 Å². The molecule has 0 unspecified atom stereocenters. The van der Waals surface area contributed by atoms with Gasteiger partial charge >= 0.3 is 0 Å². The molecule has 0 spiro atoms. The number of nitrogens with zero attached hydrogens (tertiary/aromatic N) is 4. The molecule has 0 saturated carbocycles. The summed E-state index contributed by atoms with van der Waals surface area (Å²) < 4.78 is 18.8. The van der Waals surface area contributed by atoms with Gasteiger partial charge in [-0.1, -0.05) is 0 Å². The number of rotatable bonds is 3. The van der Waals surface area contributed by atoms with Crippen molar-refractivity contribution in [2.75, 3.05) is 6.54 Å². The average molecular weight is 324 g/mol. The first-order valence-electron chi connectivity index (χ1n) is 7.92. The maximum atomic E-state index is 13.0. The Morgan fingerprint density at radius 2 is 2.00 bits per heavy atom. The summed E-state index contributed by atoms with van der Waals surface area (Å²) in [6, 6.07) is 6.22. The first kappa shape index (κ1) is 15.0. The van der Waals surface area contributed by atoms with E-state index in [1.807, 2.05) is 13.1 Å². The molecule has 122 valence electrons. The molecular weight excluding hydrogens is 307 g/mol. The third-order valence-electron chi connectivity index (χ3n) is 4.19. The van der Waals surface area contributed by atoms with Crippen LogP contribution in [0.5, 0.6) is 0 Å². The van der Waals surface area contributed by atoms with Crippen LogP contribution < -0.4 is 0 Å². The predicted molar refractivity (Wildman–Crippen MR) is 86.5 cm³/mol. The number of aryl methyl sites for hydroxylation is 1. The Morgan fingerprint density at radius 1 is 1.17 bits per heavy atom. The van der Waals surface area contributed by atoms with Gasteiger partial charge in [0.2, 0.25) is 5.89 Å². The summed E-state index contributed by atoms with van der Waals surface area (Å²) in [5.74, 6) is 1.84. The largest absolute Gasteiger partial charge is 0.439 e. The van der Waals surface area contributed by atoms with E-state index in [0.717, 1.165) is 36.6 Å². The van der Waals surface area contributed by atoms with Crippen LogP contribution in [0.2, 0.25) is 0 Å². The summed E-state index contributed by atoms with van der Waals surface area (Å²) in [6.07, 6.45) is 4.54. The maximum Gasteiger partial charge on any atom is 0.209 e. The number of fused-ring (bicyclic) bond motifs is 1. The number of benzene rings is 1. The van der Waals surface area contributed by atoms with Gasteiger partial charge in [-0.15, -0.1) is 0 Å². The maximum absolute atomic E-state index is 13.0. The zero-order valence-electron chi connectivity index (χ0n) is 13.4. The highest BCUT2D eigenvalue weighted by atomic mass is 19.1. The van der Waals surface area contributed by atoms with Gasteiger partial charge in [0.25, 0.3) is 0 Å². The molecule has 24 heavy (non-hydrogen) atoms. The summed E-state index contributed by atoms with van der Waals surface area (Å²) in [5, 5.41) is 0. The summed E-state index contributed by atoms with van der Waals surface area (Å²) in [5.41, 5.74) is 3.12. The van der Waals surface area contributed by atoms with Gasteiger partial charge in [-0.25, -0.2) is 19.3 Å². The molecule has 1 aliphatic heterocycles. The monoisotopic (exact) mass is 324 g/mol. The van der Waals surface area contributed by atoms with E-state index in [2.05, 4.69) is 19.9 Å². The molecule has 0 bridgehead atoms. The van der Waals surface area contributed by atoms with E-state index < -0.39 is 0 Å². The van der Waals surface area contributed by atoms with Crippen LogP contribution in [0.15, 0.2) is 41.1 Å². The van der Waals surface area contributed by atoms with Gasteiger partial charge in [0, 0.05) is 24.8 Å². The van der Waals surface area contributed by atoms with Crippen molar-refractivity contribution in [3.05, 3.63) is 65.4 Å². The van der Waals surface area contributed by atoms with Crippen molar-refractivity contribution in [1.82, 2.24) is 19.9 Å². The molecule has 0 aliphatic carbocycles. The highest BCUT2D eigenvalue weighted by Crippen LogP contribution is 2.23. The van der Waals surface area contributed by atoms with Crippen molar-refractivity contribution in [2.45, 2.75) is 26.4 Å². The molecule has 0 N–H and O–H groups in total. The van der Waals surface area contributed by atoms with E-state index in [0.29, 0.717) is 18.2 Å². The van der Waals surface area contributed by atoms with Gasteiger partial charge in [-0.2, -0.15) is 0 Å². The quantitative estimate of drug-likeness (QED) is 0.741. The van der Waals surface area contributed by atoms with Crippen LogP contribution in [-0.4, -0.2) is 26.4 Å². The zero-order chi connectivity index (χ0) is 16.5. The fraction of sp³-hybridized carbons (Fsp3) is 0.278. The second kappa shape index (κ2) is 6.13. The summed E-state index contributed by atoms with van der Waals surface area (Å²) in [4.78, 5) is 15.4. The minimum atomic E-state index is -0.261. The smallest absolute Gasteiger partial charge is 0.209 e. The molecule has 6 heteroatoms. The van der Waals surface area contributed by atoms with E-state index in [4.69, 9.17) is 4.42 Å². The molecule has 4 rings (SSSR count). The molecule has 0 radical (unpaired) electrons. The van der Waals surface area contributed by atoms with Crippen LogP contribution in [-0.2, 0) is 19.5 Å².